The van der Waals surface area contributed by atoms with Gasteiger partial charge in [-0.15, -0.1) is 22.7 Å². The van der Waals surface area contributed by atoms with E-state index in [1.807, 2.05) is 22.7 Å². The number of rotatable bonds is 7. The van der Waals surface area contributed by atoms with E-state index in [2.05, 4.69) is 48.8 Å². The first kappa shape index (κ1) is 17.5. The summed E-state index contributed by atoms with van der Waals surface area (Å²) in [6, 6.07) is 4.48. The molecule has 1 unspecified atom stereocenters. The maximum Gasteiger partial charge on any atom is 0.140 e. The van der Waals surface area contributed by atoms with Gasteiger partial charge < -0.3 is 4.74 Å². The summed E-state index contributed by atoms with van der Waals surface area (Å²) < 4.78 is 7.71. The highest BCUT2D eigenvalue weighted by Crippen LogP contribution is 2.54. The fourth-order valence-electron chi connectivity index (χ4n) is 3.37. The third-order valence-electron chi connectivity index (χ3n) is 4.64. The van der Waals surface area contributed by atoms with E-state index in [-0.39, 0.29) is 5.60 Å². The van der Waals surface area contributed by atoms with Crippen LogP contribution in [0.25, 0.3) is 9.75 Å². The van der Waals surface area contributed by atoms with Gasteiger partial charge in [0.2, 0.25) is 0 Å². The lowest BCUT2D eigenvalue weighted by atomic mass is 9.88. The third-order valence-corrected chi connectivity index (χ3v) is 7.48. The molecule has 0 saturated carbocycles. The SMILES string of the molecule is CCCCCCCCC1(C)Oc2cc(C)sc2-c2sc(Br)cc21. The molecule has 0 fully saturated rings. The van der Waals surface area contributed by atoms with Crippen molar-refractivity contribution >= 4 is 38.6 Å². The number of thiophene rings is 2. The van der Waals surface area contributed by atoms with E-state index in [1.54, 1.807) is 0 Å². The summed E-state index contributed by atoms with van der Waals surface area (Å²) in [5.74, 6) is 1.09. The van der Waals surface area contributed by atoms with Crippen LogP contribution in [0.1, 0.15) is 69.2 Å². The molecular weight excluding hydrogens is 388 g/mol. The number of halogens is 1. The van der Waals surface area contributed by atoms with E-state index in [1.165, 1.54) is 62.5 Å². The van der Waals surface area contributed by atoms with E-state index in [4.69, 9.17) is 4.74 Å². The minimum atomic E-state index is -0.177. The number of hydrogen-bond donors (Lipinski definition) is 0. The van der Waals surface area contributed by atoms with Crippen molar-refractivity contribution in [3.05, 3.63) is 26.4 Å². The van der Waals surface area contributed by atoms with Crippen LogP contribution in [0.5, 0.6) is 5.75 Å². The fourth-order valence-corrected chi connectivity index (χ4v) is 6.18. The second-order valence-electron chi connectivity index (χ2n) is 6.69. The lowest BCUT2D eigenvalue weighted by Crippen LogP contribution is -2.31. The van der Waals surface area contributed by atoms with Gasteiger partial charge in [0.25, 0.3) is 0 Å². The minimum Gasteiger partial charge on any atom is -0.481 e. The van der Waals surface area contributed by atoms with Crippen LogP contribution in [0.4, 0.5) is 0 Å². The molecule has 0 saturated heterocycles. The topological polar surface area (TPSA) is 9.23 Å². The Morgan fingerprint density at radius 3 is 2.57 bits per heavy atom. The van der Waals surface area contributed by atoms with E-state index in [9.17, 15) is 0 Å². The average Bonchev–Trinajstić information content (AvgIpc) is 3.05. The summed E-state index contributed by atoms with van der Waals surface area (Å²) in [6.07, 6.45) is 9.06. The van der Waals surface area contributed by atoms with Gasteiger partial charge in [0.05, 0.1) is 13.5 Å². The second kappa shape index (κ2) is 7.28. The Labute approximate surface area is 156 Å². The number of aryl methyl sites for hydroxylation is 1. The first-order valence-corrected chi connectivity index (χ1v) is 11.1. The van der Waals surface area contributed by atoms with Crippen molar-refractivity contribution in [2.45, 2.75) is 71.3 Å². The molecule has 1 aliphatic heterocycles. The zero-order chi connectivity index (χ0) is 16.4. The van der Waals surface area contributed by atoms with Crippen molar-refractivity contribution in [1.82, 2.24) is 0 Å². The van der Waals surface area contributed by atoms with Crippen LogP contribution >= 0.6 is 38.6 Å². The molecular formula is C19H25BrOS2. The maximum absolute atomic E-state index is 6.50. The number of hydrogen-bond acceptors (Lipinski definition) is 3. The Morgan fingerprint density at radius 1 is 1.04 bits per heavy atom. The van der Waals surface area contributed by atoms with Gasteiger partial charge in [-0.1, -0.05) is 39.0 Å². The normalized spacial score (nSPS) is 19.3. The minimum absolute atomic E-state index is 0.177. The van der Waals surface area contributed by atoms with Crippen LogP contribution in [0.2, 0.25) is 0 Å². The molecule has 3 heterocycles. The molecule has 1 aliphatic rings. The Bertz CT molecular complexity index is 673. The molecule has 4 heteroatoms. The largest absolute Gasteiger partial charge is 0.481 e. The van der Waals surface area contributed by atoms with Crippen molar-refractivity contribution in [2.24, 2.45) is 0 Å². The molecule has 2 aromatic rings. The van der Waals surface area contributed by atoms with Crippen LogP contribution in [0.3, 0.4) is 0 Å². The summed E-state index contributed by atoms with van der Waals surface area (Å²) in [7, 11) is 0. The number of unbranched alkanes of at least 4 members (excludes halogenated alkanes) is 5. The van der Waals surface area contributed by atoms with Gasteiger partial charge >= 0.3 is 0 Å². The molecule has 0 N–H and O–H groups in total. The molecule has 126 valence electrons. The quantitative estimate of drug-likeness (QED) is 0.419. The molecule has 0 radical (unpaired) electrons. The van der Waals surface area contributed by atoms with Gasteiger partial charge in [0.1, 0.15) is 11.4 Å². The van der Waals surface area contributed by atoms with Gasteiger partial charge in [0.15, 0.2) is 0 Å². The Morgan fingerprint density at radius 2 is 1.78 bits per heavy atom. The highest BCUT2D eigenvalue weighted by atomic mass is 79.9. The Balaban J connectivity index is 1.75. The number of ether oxygens (including phenoxy) is 1. The zero-order valence-electron chi connectivity index (χ0n) is 14.2. The standard InChI is InChI=1S/C19H25BrOS2/c1-4-5-6-7-8-9-10-19(3)14-12-16(20)23-17(14)18-15(21-19)11-13(2)22-18/h11-12H,4-10H2,1-3H3. The molecule has 0 amide bonds. The van der Waals surface area contributed by atoms with E-state index < -0.39 is 0 Å². The Hall–Kier alpha value is -0.320. The zero-order valence-corrected chi connectivity index (χ0v) is 17.4. The van der Waals surface area contributed by atoms with Crippen molar-refractivity contribution in [1.29, 1.82) is 0 Å². The monoisotopic (exact) mass is 412 g/mol. The second-order valence-corrected chi connectivity index (χ2v) is 10.4. The van der Waals surface area contributed by atoms with E-state index >= 15 is 0 Å². The first-order valence-electron chi connectivity index (χ1n) is 8.63. The van der Waals surface area contributed by atoms with Gasteiger partial charge in [-0.3, -0.25) is 0 Å². The molecule has 0 spiro atoms. The van der Waals surface area contributed by atoms with Gasteiger partial charge in [-0.25, -0.2) is 0 Å². The van der Waals surface area contributed by atoms with Crippen LogP contribution in [-0.2, 0) is 5.60 Å². The average molecular weight is 413 g/mol. The van der Waals surface area contributed by atoms with Crippen molar-refractivity contribution in [2.75, 3.05) is 0 Å². The smallest absolute Gasteiger partial charge is 0.140 e. The van der Waals surface area contributed by atoms with Gasteiger partial charge in [-0.2, -0.15) is 0 Å². The van der Waals surface area contributed by atoms with E-state index in [0.717, 1.165) is 12.2 Å². The molecule has 2 aromatic heterocycles. The summed E-state index contributed by atoms with van der Waals surface area (Å²) in [6.45, 7) is 6.71. The van der Waals surface area contributed by atoms with Crippen LogP contribution in [0.15, 0.2) is 15.9 Å². The van der Waals surface area contributed by atoms with Crippen LogP contribution in [0, 0.1) is 6.92 Å². The van der Waals surface area contributed by atoms with Crippen molar-refractivity contribution in [3.8, 4) is 15.5 Å². The van der Waals surface area contributed by atoms with Crippen molar-refractivity contribution in [3.63, 3.8) is 0 Å². The molecule has 0 aliphatic carbocycles. The van der Waals surface area contributed by atoms with Crippen molar-refractivity contribution < 1.29 is 4.74 Å². The van der Waals surface area contributed by atoms with Crippen LogP contribution < -0.4 is 4.74 Å². The molecule has 1 atom stereocenters. The Kier molecular flexibility index (Phi) is 5.54. The summed E-state index contributed by atoms with van der Waals surface area (Å²) in [5.41, 5.74) is 1.20. The maximum atomic E-state index is 6.50. The van der Waals surface area contributed by atoms with E-state index in [0.29, 0.717) is 0 Å². The molecule has 23 heavy (non-hydrogen) atoms. The molecule has 3 rings (SSSR count). The lowest BCUT2D eigenvalue weighted by molar-refractivity contribution is 0.0722. The third kappa shape index (κ3) is 3.69. The summed E-state index contributed by atoms with van der Waals surface area (Å²) in [5, 5.41) is 0. The molecule has 0 aromatic carbocycles. The lowest BCUT2D eigenvalue weighted by Gasteiger charge is -2.35. The fraction of sp³-hybridized carbons (Fsp3) is 0.579. The molecule has 1 nitrogen and oxygen atoms in total. The van der Waals surface area contributed by atoms with Gasteiger partial charge in [-0.05, 0) is 54.8 Å². The number of fused-ring (bicyclic) bond motifs is 3. The predicted octanol–water partition coefficient (Wildman–Crippen LogP) is 7.91. The van der Waals surface area contributed by atoms with Gasteiger partial charge in [0, 0.05) is 10.4 Å². The van der Waals surface area contributed by atoms with Crippen LogP contribution in [-0.4, -0.2) is 0 Å². The highest BCUT2D eigenvalue weighted by Gasteiger charge is 2.38. The first-order chi connectivity index (χ1) is 11.0. The predicted molar refractivity (Wildman–Crippen MR) is 106 cm³/mol. The summed E-state index contributed by atoms with van der Waals surface area (Å²) >= 11 is 7.38. The summed E-state index contributed by atoms with van der Waals surface area (Å²) in [4.78, 5) is 4.05. The highest BCUT2D eigenvalue weighted by molar-refractivity contribution is 9.11. The molecule has 0 bridgehead atoms.